The average Bonchev–Trinajstić information content (AvgIpc) is 1.97. The van der Waals surface area contributed by atoms with Gasteiger partial charge in [0.05, 0.1) is 0 Å². The van der Waals surface area contributed by atoms with E-state index >= 15 is 0 Å². The summed E-state index contributed by atoms with van der Waals surface area (Å²) >= 11 is 0. The third kappa shape index (κ3) is 6.32. The Morgan fingerprint density at radius 1 is 1.36 bits per heavy atom. The van der Waals surface area contributed by atoms with Gasteiger partial charge < -0.3 is 11.1 Å². The minimum atomic E-state index is 0.273. The molecule has 11 heavy (non-hydrogen) atoms. The Bertz CT molecular complexity index is 79.6. The van der Waals surface area contributed by atoms with Crippen molar-refractivity contribution in [2.24, 2.45) is 5.73 Å². The Hall–Kier alpha value is -0.0800. The SMILES string of the molecule is CCCNC(C)(C)CCCN. The fourth-order valence-electron chi connectivity index (χ4n) is 1.10. The van der Waals surface area contributed by atoms with Crippen LogP contribution in [0, 0.1) is 0 Å². The van der Waals surface area contributed by atoms with E-state index in [1.54, 1.807) is 0 Å². The minimum absolute atomic E-state index is 0.273. The fraction of sp³-hybridized carbons (Fsp3) is 1.00. The van der Waals surface area contributed by atoms with Gasteiger partial charge in [0, 0.05) is 5.54 Å². The number of hydrogen-bond acceptors (Lipinski definition) is 2. The number of nitrogens with two attached hydrogens (primary N) is 1. The smallest absolute Gasteiger partial charge is 0.0125 e. The summed E-state index contributed by atoms with van der Waals surface area (Å²) in [5.74, 6) is 0. The molecule has 0 bridgehead atoms. The Morgan fingerprint density at radius 3 is 2.45 bits per heavy atom. The van der Waals surface area contributed by atoms with Crippen LogP contribution in [0.5, 0.6) is 0 Å². The second-order valence-corrected chi connectivity index (χ2v) is 3.70. The molecule has 0 aromatic carbocycles. The Kier molecular flexibility index (Phi) is 5.51. The van der Waals surface area contributed by atoms with Crippen molar-refractivity contribution in [3.8, 4) is 0 Å². The zero-order valence-corrected chi connectivity index (χ0v) is 8.11. The summed E-state index contributed by atoms with van der Waals surface area (Å²) in [5.41, 5.74) is 5.71. The van der Waals surface area contributed by atoms with Gasteiger partial charge in [0.15, 0.2) is 0 Å². The van der Waals surface area contributed by atoms with Crippen LogP contribution in [0.2, 0.25) is 0 Å². The van der Waals surface area contributed by atoms with E-state index < -0.39 is 0 Å². The van der Waals surface area contributed by atoms with Crippen molar-refractivity contribution in [2.75, 3.05) is 13.1 Å². The summed E-state index contributed by atoms with van der Waals surface area (Å²) in [7, 11) is 0. The molecule has 0 amide bonds. The van der Waals surface area contributed by atoms with Gasteiger partial charge in [-0.25, -0.2) is 0 Å². The van der Waals surface area contributed by atoms with E-state index in [0.29, 0.717) is 0 Å². The molecule has 0 aliphatic rings. The molecule has 0 saturated carbocycles. The summed E-state index contributed by atoms with van der Waals surface area (Å²) in [6, 6.07) is 0. The lowest BCUT2D eigenvalue weighted by Gasteiger charge is -2.25. The van der Waals surface area contributed by atoms with Crippen molar-refractivity contribution < 1.29 is 0 Å². The van der Waals surface area contributed by atoms with Gasteiger partial charge in [0.2, 0.25) is 0 Å². The van der Waals surface area contributed by atoms with Gasteiger partial charge in [0.1, 0.15) is 0 Å². The quantitative estimate of drug-likeness (QED) is 0.615. The summed E-state index contributed by atoms with van der Waals surface area (Å²) < 4.78 is 0. The van der Waals surface area contributed by atoms with Gasteiger partial charge in [0.25, 0.3) is 0 Å². The number of hydrogen-bond donors (Lipinski definition) is 2. The molecule has 0 heterocycles. The molecule has 0 aliphatic heterocycles. The summed E-state index contributed by atoms with van der Waals surface area (Å²) in [5, 5.41) is 3.49. The first-order valence-electron chi connectivity index (χ1n) is 4.57. The van der Waals surface area contributed by atoms with Crippen LogP contribution in [0.25, 0.3) is 0 Å². The zero-order chi connectivity index (χ0) is 8.74. The Balaban J connectivity index is 3.43. The average molecular weight is 158 g/mol. The van der Waals surface area contributed by atoms with Crippen LogP contribution < -0.4 is 11.1 Å². The van der Waals surface area contributed by atoms with Crippen molar-refractivity contribution in [3.63, 3.8) is 0 Å². The summed E-state index contributed by atoms with van der Waals surface area (Å²) in [6.07, 6.45) is 3.49. The van der Waals surface area contributed by atoms with Crippen molar-refractivity contribution >= 4 is 0 Å². The second-order valence-electron chi connectivity index (χ2n) is 3.70. The number of rotatable bonds is 6. The molecule has 0 unspecified atom stereocenters. The van der Waals surface area contributed by atoms with Crippen LogP contribution in [-0.4, -0.2) is 18.6 Å². The van der Waals surface area contributed by atoms with Gasteiger partial charge in [-0.15, -0.1) is 0 Å². The molecule has 0 atom stereocenters. The highest BCUT2D eigenvalue weighted by Crippen LogP contribution is 2.09. The van der Waals surface area contributed by atoms with E-state index in [4.69, 9.17) is 5.73 Å². The van der Waals surface area contributed by atoms with Gasteiger partial charge in [-0.05, 0) is 46.2 Å². The maximum Gasteiger partial charge on any atom is 0.0125 e. The zero-order valence-electron chi connectivity index (χ0n) is 8.11. The van der Waals surface area contributed by atoms with Crippen LogP contribution in [-0.2, 0) is 0 Å². The van der Waals surface area contributed by atoms with Crippen LogP contribution >= 0.6 is 0 Å². The molecule has 0 rings (SSSR count). The molecule has 0 radical (unpaired) electrons. The highest BCUT2D eigenvalue weighted by atomic mass is 14.9. The van der Waals surface area contributed by atoms with Gasteiger partial charge in [-0.3, -0.25) is 0 Å². The lowest BCUT2D eigenvalue weighted by Crippen LogP contribution is -2.39. The van der Waals surface area contributed by atoms with E-state index in [1.807, 2.05) is 0 Å². The first-order valence-corrected chi connectivity index (χ1v) is 4.57. The maximum atomic E-state index is 5.44. The van der Waals surface area contributed by atoms with Crippen LogP contribution in [0.1, 0.15) is 40.0 Å². The van der Waals surface area contributed by atoms with Crippen molar-refractivity contribution in [1.82, 2.24) is 5.32 Å². The minimum Gasteiger partial charge on any atom is -0.330 e. The van der Waals surface area contributed by atoms with Crippen LogP contribution in [0.3, 0.4) is 0 Å². The largest absolute Gasteiger partial charge is 0.330 e. The lowest BCUT2D eigenvalue weighted by atomic mass is 9.98. The highest BCUT2D eigenvalue weighted by Gasteiger charge is 2.14. The molecule has 0 aromatic rings. The van der Waals surface area contributed by atoms with Gasteiger partial charge >= 0.3 is 0 Å². The fourth-order valence-corrected chi connectivity index (χ4v) is 1.10. The van der Waals surface area contributed by atoms with E-state index in [-0.39, 0.29) is 5.54 Å². The van der Waals surface area contributed by atoms with Gasteiger partial charge in [-0.1, -0.05) is 6.92 Å². The molecule has 0 spiro atoms. The first-order chi connectivity index (χ1) is 5.12. The molecule has 2 heteroatoms. The lowest BCUT2D eigenvalue weighted by molar-refractivity contribution is 0.356. The monoisotopic (exact) mass is 158 g/mol. The van der Waals surface area contributed by atoms with E-state index in [0.717, 1.165) is 19.5 Å². The predicted octanol–water partition coefficient (Wildman–Crippen LogP) is 1.50. The summed E-state index contributed by atoms with van der Waals surface area (Å²) in [6.45, 7) is 8.57. The molecule has 2 nitrogen and oxygen atoms in total. The Morgan fingerprint density at radius 2 is 2.00 bits per heavy atom. The molecule has 0 fully saturated rings. The standard InChI is InChI=1S/C9H22N2/c1-4-8-11-9(2,3)6-5-7-10/h11H,4-8,10H2,1-3H3. The van der Waals surface area contributed by atoms with Crippen LogP contribution in [0.4, 0.5) is 0 Å². The topological polar surface area (TPSA) is 38.0 Å². The third-order valence-electron chi connectivity index (χ3n) is 1.86. The maximum absolute atomic E-state index is 5.44. The van der Waals surface area contributed by atoms with E-state index in [2.05, 4.69) is 26.1 Å². The van der Waals surface area contributed by atoms with Gasteiger partial charge in [-0.2, -0.15) is 0 Å². The van der Waals surface area contributed by atoms with E-state index in [1.165, 1.54) is 12.8 Å². The first kappa shape index (κ1) is 10.9. The van der Waals surface area contributed by atoms with Crippen molar-refractivity contribution in [1.29, 1.82) is 0 Å². The summed E-state index contributed by atoms with van der Waals surface area (Å²) in [4.78, 5) is 0. The molecular formula is C9H22N2. The molecule has 68 valence electrons. The van der Waals surface area contributed by atoms with Crippen molar-refractivity contribution in [3.05, 3.63) is 0 Å². The van der Waals surface area contributed by atoms with Crippen molar-refractivity contribution in [2.45, 2.75) is 45.6 Å². The highest BCUT2D eigenvalue weighted by molar-refractivity contribution is 4.76. The predicted molar refractivity (Wildman–Crippen MR) is 50.7 cm³/mol. The molecule has 0 aliphatic carbocycles. The van der Waals surface area contributed by atoms with Crippen LogP contribution in [0.15, 0.2) is 0 Å². The Labute approximate surface area is 70.5 Å². The molecule has 0 aromatic heterocycles. The molecule has 0 saturated heterocycles. The normalized spacial score (nSPS) is 12.0. The third-order valence-corrected chi connectivity index (χ3v) is 1.86. The second kappa shape index (κ2) is 5.56. The molecular weight excluding hydrogens is 136 g/mol. The van der Waals surface area contributed by atoms with E-state index in [9.17, 15) is 0 Å². The number of nitrogens with one attached hydrogen (secondary N) is 1. The molecule has 3 N–H and O–H groups in total.